The zero-order valence-corrected chi connectivity index (χ0v) is 24.1. The number of benzene rings is 3. The van der Waals surface area contributed by atoms with Crippen LogP contribution in [0.5, 0.6) is 0 Å². The number of ether oxygens (including phenoxy) is 2. The highest BCUT2D eigenvalue weighted by molar-refractivity contribution is 5.68. The van der Waals surface area contributed by atoms with E-state index in [1.54, 1.807) is 4.90 Å². The average molecular weight is 575 g/mol. The van der Waals surface area contributed by atoms with Crippen molar-refractivity contribution in [1.29, 1.82) is 0 Å². The summed E-state index contributed by atoms with van der Waals surface area (Å²) in [5.74, 6) is 0.183. The number of likely N-dealkylation sites (tertiary alicyclic amines) is 1. The Morgan fingerprint density at radius 3 is 2.33 bits per heavy atom. The van der Waals surface area contributed by atoms with Crippen molar-refractivity contribution in [3.05, 3.63) is 96.1 Å². The number of carbonyl (C=O) groups excluding carboxylic acids is 1. The molecule has 1 unspecified atom stereocenters. The van der Waals surface area contributed by atoms with E-state index < -0.39 is 0 Å². The maximum atomic E-state index is 13.0. The molecule has 1 saturated heterocycles. The number of carbonyl (C=O) groups is 1. The van der Waals surface area contributed by atoms with Gasteiger partial charge in [-0.05, 0) is 72.6 Å². The van der Waals surface area contributed by atoms with Gasteiger partial charge >= 0.3 is 6.09 Å². The Kier molecular flexibility index (Phi) is 10.6. The van der Waals surface area contributed by atoms with E-state index in [2.05, 4.69) is 83.7 Å². The third-order valence-corrected chi connectivity index (χ3v) is 8.44. The van der Waals surface area contributed by atoms with E-state index in [0.717, 1.165) is 32.1 Å². The highest BCUT2D eigenvalue weighted by Crippen LogP contribution is 2.49. The van der Waals surface area contributed by atoms with Crippen molar-refractivity contribution in [2.75, 3.05) is 32.9 Å². The van der Waals surface area contributed by atoms with E-state index in [1.807, 2.05) is 6.07 Å². The molecule has 2 atom stereocenters. The molecule has 5 rings (SSSR count). The fourth-order valence-electron chi connectivity index (χ4n) is 5.85. The summed E-state index contributed by atoms with van der Waals surface area (Å²) in [7, 11) is 0. The van der Waals surface area contributed by atoms with Crippen LogP contribution < -0.4 is 0 Å². The SMILES string of the molecule is O=C(OCCCCCON(O)O)N1CC[C@H](c2cccc(-c3ccccc3)c2)C(OCC2(Cc3ccccc3)CC2)C1. The Labute approximate surface area is 248 Å². The Morgan fingerprint density at radius 1 is 0.881 bits per heavy atom. The van der Waals surface area contributed by atoms with Gasteiger partial charge in [0.15, 0.2) is 0 Å². The van der Waals surface area contributed by atoms with Crippen molar-refractivity contribution >= 4 is 6.09 Å². The maximum absolute atomic E-state index is 13.0. The molecule has 0 spiro atoms. The molecule has 224 valence electrons. The van der Waals surface area contributed by atoms with E-state index >= 15 is 0 Å². The molecule has 1 heterocycles. The number of amides is 1. The number of rotatable bonds is 14. The summed E-state index contributed by atoms with van der Waals surface area (Å²) in [6.45, 7) is 2.30. The first-order chi connectivity index (χ1) is 20.5. The Bertz CT molecular complexity index is 1250. The number of nitrogens with zero attached hydrogens (tertiary/aromatic N) is 2. The molecule has 8 heteroatoms. The van der Waals surface area contributed by atoms with Gasteiger partial charge in [0, 0.05) is 12.5 Å². The Balaban J connectivity index is 1.22. The zero-order chi connectivity index (χ0) is 29.2. The van der Waals surface area contributed by atoms with Crippen LogP contribution in [0.2, 0.25) is 0 Å². The minimum atomic E-state index is -0.307. The normalized spacial score (nSPS) is 19.5. The van der Waals surface area contributed by atoms with Crippen molar-refractivity contribution in [2.45, 2.75) is 57.0 Å². The van der Waals surface area contributed by atoms with Crippen LogP contribution in [0, 0.1) is 5.41 Å². The predicted molar refractivity (Wildman–Crippen MR) is 159 cm³/mol. The molecule has 3 aromatic carbocycles. The molecule has 1 aliphatic heterocycles. The van der Waals surface area contributed by atoms with E-state index in [-0.39, 0.29) is 35.5 Å². The van der Waals surface area contributed by atoms with Crippen LogP contribution in [0.15, 0.2) is 84.9 Å². The first-order valence-corrected chi connectivity index (χ1v) is 15.0. The number of piperidine rings is 1. The lowest BCUT2D eigenvalue weighted by molar-refractivity contribution is -0.492. The first-order valence-electron chi connectivity index (χ1n) is 15.0. The summed E-state index contributed by atoms with van der Waals surface area (Å²) in [5, 5.41) is 16.9. The van der Waals surface area contributed by atoms with Crippen LogP contribution in [0.4, 0.5) is 4.79 Å². The molecule has 42 heavy (non-hydrogen) atoms. The van der Waals surface area contributed by atoms with Crippen LogP contribution in [0.3, 0.4) is 0 Å². The lowest BCUT2D eigenvalue weighted by Gasteiger charge is -2.39. The van der Waals surface area contributed by atoms with E-state index in [0.29, 0.717) is 39.1 Å². The molecule has 1 saturated carbocycles. The Hall–Kier alpha value is -3.27. The molecule has 8 nitrogen and oxygen atoms in total. The molecule has 2 fully saturated rings. The molecule has 0 bridgehead atoms. The highest BCUT2D eigenvalue weighted by atomic mass is 17.1. The summed E-state index contributed by atoms with van der Waals surface area (Å²) in [5.41, 5.74) is 5.14. The topological polar surface area (TPSA) is 91.7 Å². The molecule has 1 aliphatic carbocycles. The van der Waals surface area contributed by atoms with Gasteiger partial charge in [0.05, 0.1) is 37.9 Å². The molecule has 3 aromatic rings. The summed E-state index contributed by atoms with van der Waals surface area (Å²) in [6.07, 6.45) is 5.76. The monoisotopic (exact) mass is 574 g/mol. The number of hydrogen-bond donors (Lipinski definition) is 2. The van der Waals surface area contributed by atoms with Crippen LogP contribution >= 0.6 is 0 Å². The van der Waals surface area contributed by atoms with Crippen LogP contribution in [0.25, 0.3) is 11.1 Å². The van der Waals surface area contributed by atoms with E-state index in [4.69, 9.17) is 19.9 Å². The van der Waals surface area contributed by atoms with Crippen molar-refractivity contribution in [2.24, 2.45) is 5.41 Å². The molecule has 2 aliphatic rings. The highest BCUT2D eigenvalue weighted by Gasteiger charge is 2.44. The molecular formula is C34H42N2O6. The molecule has 2 N–H and O–H groups in total. The second-order valence-corrected chi connectivity index (χ2v) is 11.6. The smallest absolute Gasteiger partial charge is 0.409 e. The lowest BCUT2D eigenvalue weighted by Crippen LogP contribution is -2.47. The van der Waals surface area contributed by atoms with Gasteiger partial charge in [-0.3, -0.25) is 15.3 Å². The van der Waals surface area contributed by atoms with Crippen LogP contribution in [0.1, 0.15) is 55.6 Å². The number of hydrogen-bond acceptors (Lipinski definition) is 7. The van der Waals surface area contributed by atoms with E-state index in [1.165, 1.54) is 22.3 Å². The van der Waals surface area contributed by atoms with Gasteiger partial charge in [-0.25, -0.2) is 4.79 Å². The minimum absolute atomic E-state index is 0.123. The second-order valence-electron chi connectivity index (χ2n) is 11.6. The van der Waals surface area contributed by atoms with Gasteiger partial charge in [-0.2, -0.15) is 0 Å². The van der Waals surface area contributed by atoms with Crippen molar-refractivity contribution in [3.63, 3.8) is 0 Å². The van der Waals surface area contributed by atoms with E-state index in [9.17, 15) is 4.79 Å². The quantitative estimate of drug-likeness (QED) is 0.160. The zero-order valence-electron chi connectivity index (χ0n) is 24.1. The van der Waals surface area contributed by atoms with Crippen molar-refractivity contribution < 1.29 is 29.5 Å². The van der Waals surface area contributed by atoms with Gasteiger partial charge < -0.3 is 14.4 Å². The van der Waals surface area contributed by atoms with Crippen LogP contribution in [-0.2, 0) is 20.7 Å². The standard InChI is InChI=1S/C34H42N2O6/c37-33(40-21-8-3-9-22-42-36(38)39)35-20-17-31(30-16-10-15-29(23-30)28-13-6-2-7-14-28)32(25-35)41-26-34(18-19-34)24-27-11-4-1-5-12-27/h1-2,4-7,10-16,23,31-32,38-39H,3,8-9,17-22,24-26H2/t31-,32?/m1/s1. The van der Waals surface area contributed by atoms with Crippen molar-refractivity contribution in [1.82, 2.24) is 10.3 Å². The fraction of sp³-hybridized carbons (Fsp3) is 0.441. The fourth-order valence-corrected chi connectivity index (χ4v) is 5.85. The van der Waals surface area contributed by atoms with Crippen molar-refractivity contribution in [3.8, 4) is 11.1 Å². The average Bonchev–Trinajstić information content (AvgIpc) is 3.79. The molecule has 0 radical (unpaired) electrons. The van der Waals surface area contributed by atoms with Gasteiger partial charge in [0.2, 0.25) is 0 Å². The van der Waals surface area contributed by atoms with Gasteiger partial charge in [-0.15, -0.1) is 0 Å². The summed E-state index contributed by atoms with van der Waals surface area (Å²) >= 11 is 0. The maximum Gasteiger partial charge on any atom is 0.409 e. The lowest BCUT2D eigenvalue weighted by atomic mass is 9.85. The predicted octanol–water partition coefficient (Wildman–Crippen LogP) is 6.87. The van der Waals surface area contributed by atoms with Crippen LogP contribution in [-0.4, -0.2) is 65.8 Å². The Morgan fingerprint density at radius 2 is 1.60 bits per heavy atom. The summed E-state index contributed by atoms with van der Waals surface area (Å²) in [4.78, 5) is 19.4. The summed E-state index contributed by atoms with van der Waals surface area (Å²) < 4.78 is 12.4. The third-order valence-electron chi connectivity index (χ3n) is 8.44. The third kappa shape index (κ3) is 8.63. The largest absolute Gasteiger partial charge is 0.449 e. The molecule has 1 amide bonds. The minimum Gasteiger partial charge on any atom is -0.449 e. The number of unbranched alkanes of at least 4 members (excludes halogenated alkanes) is 2. The van der Waals surface area contributed by atoms with Gasteiger partial charge in [0.25, 0.3) is 0 Å². The van der Waals surface area contributed by atoms with Gasteiger partial charge in [-0.1, -0.05) is 84.9 Å². The first kappa shape index (κ1) is 30.2. The van der Waals surface area contributed by atoms with Gasteiger partial charge in [0.1, 0.15) is 0 Å². The second kappa shape index (κ2) is 14.8. The molecule has 0 aromatic heterocycles. The molecular weight excluding hydrogens is 532 g/mol. The summed E-state index contributed by atoms with van der Waals surface area (Å²) in [6, 6.07) is 29.8.